The van der Waals surface area contributed by atoms with E-state index in [4.69, 9.17) is 10.5 Å². The molecule has 18 heavy (non-hydrogen) atoms. The molecule has 0 heterocycles. The zero-order valence-electron chi connectivity index (χ0n) is 10.9. The van der Waals surface area contributed by atoms with Gasteiger partial charge in [0.25, 0.3) is 0 Å². The van der Waals surface area contributed by atoms with Gasteiger partial charge in [-0.3, -0.25) is 0 Å². The minimum absolute atomic E-state index is 0.108. The van der Waals surface area contributed by atoms with E-state index in [-0.39, 0.29) is 11.1 Å². The van der Waals surface area contributed by atoms with Crippen molar-refractivity contribution in [2.45, 2.75) is 26.4 Å². The first-order chi connectivity index (χ1) is 8.24. The van der Waals surface area contributed by atoms with Gasteiger partial charge in [-0.15, -0.1) is 0 Å². The first-order valence-corrected chi connectivity index (χ1v) is 5.46. The molecule has 0 aliphatic carbocycles. The summed E-state index contributed by atoms with van der Waals surface area (Å²) in [4.78, 5) is 23.5. The maximum atomic E-state index is 12.0. The van der Waals surface area contributed by atoms with Crippen LogP contribution in [0.15, 0.2) is 18.2 Å². The smallest absolute Gasteiger partial charge is 0.339 e. The lowest BCUT2D eigenvalue weighted by atomic mass is 10.1. The molecule has 0 aliphatic rings. The molecule has 5 heteroatoms. The second-order valence-electron chi connectivity index (χ2n) is 4.80. The van der Waals surface area contributed by atoms with Crippen molar-refractivity contribution < 1.29 is 19.1 Å². The second-order valence-corrected chi connectivity index (χ2v) is 4.80. The van der Waals surface area contributed by atoms with Crippen molar-refractivity contribution in [1.29, 1.82) is 0 Å². The number of esters is 2. The molecule has 0 atom stereocenters. The summed E-state index contributed by atoms with van der Waals surface area (Å²) in [6, 6.07) is 4.38. The quantitative estimate of drug-likeness (QED) is 0.642. The van der Waals surface area contributed by atoms with Crippen LogP contribution in [0.3, 0.4) is 0 Å². The first kappa shape index (κ1) is 14.0. The van der Waals surface area contributed by atoms with Crippen LogP contribution in [0.1, 0.15) is 41.5 Å². The summed E-state index contributed by atoms with van der Waals surface area (Å²) < 4.78 is 9.82. The van der Waals surface area contributed by atoms with Crippen molar-refractivity contribution in [2.24, 2.45) is 0 Å². The number of hydrogen-bond donors (Lipinski definition) is 1. The summed E-state index contributed by atoms with van der Waals surface area (Å²) in [6.45, 7) is 5.24. The summed E-state index contributed by atoms with van der Waals surface area (Å²) in [7, 11) is 1.25. The van der Waals surface area contributed by atoms with Crippen LogP contribution in [0.25, 0.3) is 0 Å². The van der Waals surface area contributed by atoms with Gasteiger partial charge in [0.2, 0.25) is 0 Å². The van der Waals surface area contributed by atoms with E-state index < -0.39 is 17.5 Å². The van der Waals surface area contributed by atoms with E-state index in [2.05, 4.69) is 4.74 Å². The molecule has 0 radical (unpaired) electrons. The molecule has 1 rings (SSSR count). The molecular weight excluding hydrogens is 234 g/mol. The Labute approximate surface area is 106 Å². The van der Waals surface area contributed by atoms with Gasteiger partial charge in [0.05, 0.1) is 18.2 Å². The van der Waals surface area contributed by atoms with E-state index in [1.54, 1.807) is 20.8 Å². The lowest BCUT2D eigenvalue weighted by molar-refractivity contribution is 0.00653. The van der Waals surface area contributed by atoms with Gasteiger partial charge >= 0.3 is 11.9 Å². The molecule has 0 bridgehead atoms. The Balaban J connectivity index is 3.17. The predicted molar refractivity (Wildman–Crippen MR) is 67.4 cm³/mol. The van der Waals surface area contributed by atoms with Gasteiger partial charge in [0, 0.05) is 5.69 Å². The minimum atomic E-state index is -0.644. The molecule has 2 N–H and O–H groups in total. The number of rotatable bonds is 2. The van der Waals surface area contributed by atoms with E-state index in [0.29, 0.717) is 5.69 Å². The Morgan fingerprint density at radius 3 is 2.22 bits per heavy atom. The molecule has 0 spiro atoms. The summed E-state index contributed by atoms with van der Waals surface area (Å²) in [5.74, 6) is -1.20. The van der Waals surface area contributed by atoms with Crippen LogP contribution in [0.2, 0.25) is 0 Å². The predicted octanol–water partition coefficient (Wildman–Crippen LogP) is 2.01. The molecule has 0 saturated heterocycles. The first-order valence-electron chi connectivity index (χ1n) is 5.46. The fraction of sp³-hybridized carbons (Fsp3) is 0.385. The van der Waals surface area contributed by atoms with Gasteiger partial charge < -0.3 is 15.2 Å². The maximum Gasteiger partial charge on any atom is 0.339 e. The van der Waals surface area contributed by atoms with Crippen LogP contribution in [0.5, 0.6) is 0 Å². The molecule has 0 amide bonds. The van der Waals surface area contributed by atoms with Crippen molar-refractivity contribution in [2.75, 3.05) is 12.8 Å². The van der Waals surface area contributed by atoms with Gasteiger partial charge in [-0.05, 0) is 39.0 Å². The number of benzene rings is 1. The van der Waals surface area contributed by atoms with Crippen LogP contribution in [0, 0.1) is 0 Å². The van der Waals surface area contributed by atoms with E-state index in [0.717, 1.165) is 0 Å². The van der Waals surface area contributed by atoms with Crippen LogP contribution >= 0.6 is 0 Å². The molecule has 0 fully saturated rings. The Kier molecular flexibility index (Phi) is 3.96. The highest BCUT2D eigenvalue weighted by Gasteiger charge is 2.23. The van der Waals surface area contributed by atoms with Crippen molar-refractivity contribution in [3.8, 4) is 0 Å². The summed E-state index contributed by atoms with van der Waals surface area (Å²) in [5.41, 5.74) is 5.59. The number of ether oxygens (including phenoxy) is 2. The Hall–Kier alpha value is -2.04. The van der Waals surface area contributed by atoms with E-state index in [9.17, 15) is 9.59 Å². The van der Waals surface area contributed by atoms with E-state index in [1.807, 2.05) is 0 Å². The largest absolute Gasteiger partial charge is 0.465 e. The van der Waals surface area contributed by atoms with Crippen molar-refractivity contribution in [3.63, 3.8) is 0 Å². The number of anilines is 1. The SMILES string of the molecule is COC(=O)c1ccc(N)cc1C(=O)OC(C)(C)C. The van der Waals surface area contributed by atoms with Crippen LogP contribution < -0.4 is 5.73 Å². The third-order valence-corrected chi connectivity index (χ3v) is 2.07. The topological polar surface area (TPSA) is 78.6 Å². The minimum Gasteiger partial charge on any atom is -0.465 e. The number of nitrogens with two attached hydrogens (primary N) is 1. The number of nitrogen functional groups attached to an aromatic ring is 1. The molecule has 1 aromatic carbocycles. The average Bonchev–Trinajstić information content (AvgIpc) is 2.25. The van der Waals surface area contributed by atoms with Gasteiger partial charge in [0.15, 0.2) is 0 Å². The Bertz CT molecular complexity index is 474. The second kappa shape index (κ2) is 5.08. The van der Waals surface area contributed by atoms with E-state index in [1.165, 1.54) is 25.3 Å². The third-order valence-electron chi connectivity index (χ3n) is 2.07. The normalized spacial score (nSPS) is 10.9. The Morgan fingerprint density at radius 2 is 1.72 bits per heavy atom. The van der Waals surface area contributed by atoms with Gasteiger partial charge in [-0.25, -0.2) is 9.59 Å². The number of methoxy groups -OCH3 is 1. The van der Waals surface area contributed by atoms with Crippen LogP contribution in [-0.4, -0.2) is 24.6 Å². The number of carbonyl (C=O) groups is 2. The zero-order valence-corrected chi connectivity index (χ0v) is 10.9. The Morgan fingerprint density at radius 1 is 1.11 bits per heavy atom. The van der Waals surface area contributed by atoms with Crippen molar-refractivity contribution in [3.05, 3.63) is 29.3 Å². The average molecular weight is 251 g/mol. The van der Waals surface area contributed by atoms with Gasteiger partial charge in [0.1, 0.15) is 5.60 Å². The van der Waals surface area contributed by atoms with Crippen molar-refractivity contribution >= 4 is 17.6 Å². The fourth-order valence-corrected chi connectivity index (χ4v) is 1.35. The lowest BCUT2D eigenvalue weighted by Crippen LogP contribution is -2.25. The molecular formula is C13H17NO4. The van der Waals surface area contributed by atoms with E-state index >= 15 is 0 Å². The highest BCUT2D eigenvalue weighted by molar-refractivity contribution is 6.03. The molecule has 0 aromatic heterocycles. The zero-order chi connectivity index (χ0) is 13.9. The maximum absolute atomic E-state index is 12.0. The summed E-state index contributed by atoms with van der Waals surface area (Å²) in [5, 5.41) is 0. The molecule has 5 nitrogen and oxygen atoms in total. The number of hydrogen-bond acceptors (Lipinski definition) is 5. The molecule has 0 unspecified atom stereocenters. The molecule has 0 aliphatic heterocycles. The lowest BCUT2D eigenvalue weighted by Gasteiger charge is -2.20. The van der Waals surface area contributed by atoms with Crippen LogP contribution in [-0.2, 0) is 9.47 Å². The summed E-state index contributed by atoms with van der Waals surface area (Å²) >= 11 is 0. The molecule has 1 aromatic rings. The van der Waals surface area contributed by atoms with Gasteiger partial charge in [-0.2, -0.15) is 0 Å². The van der Waals surface area contributed by atoms with Gasteiger partial charge in [-0.1, -0.05) is 0 Å². The fourth-order valence-electron chi connectivity index (χ4n) is 1.35. The third kappa shape index (κ3) is 3.48. The molecule has 0 saturated carbocycles. The highest BCUT2D eigenvalue weighted by Crippen LogP contribution is 2.19. The molecule has 98 valence electrons. The highest BCUT2D eigenvalue weighted by atomic mass is 16.6. The van der Waals surface area contributed by atoms with Crippen LogP contribution in [0.4, 0.5) is 5.69 Å². The van der Waals surface area contributed by atoms with Crippen molar-refractivity contribution in [1.82, 2.24) is 0 Å². The monoisotopic (exact) mass is 251 g/mol. The number of carbonyl (C=O) groups excluding carboxylic acids is 2. The summed E-state index contributed by atoms with van der Waals surface area (Å²) in [6.07, 6.45) is 0. The standard InChI is InChI=1S/C13H17NO4/c1-13(2,3)18-12(16)10-7-8(14)5-6-9(10)11(15)17-4/h5-7H,14H2,1-4H3.